The molecule has 0 saturated heterocycles. The summed E-state index contributed by atoms with van der Waals surface area (Å²) in [5.41, 5.74) is 0.300. The van der Waals surface area contributed by atoms with Crippen molar-refractivity contribution in [2.75, 3.05) is 6.54 Å². The molecule has 7 heteroatoms. The van der Waals surface area contributed by atoms with Gasteiger partial charge < -0.3 is 10.4 Å². The van der Waals surface area contributed by atoms with Gasteiger partial charge in [0.05, 0.1) is 17.1 Å². The Morgan fingerprint density at radius 1 is 1.41 bits per heavy atom. The molecule has 0 atom stereocenters. The van der Waals surface area contributed by atoms with Crippen LogP contribution >= 0.6 is 11.6 Å². The van der Waals surface area contributed by atoms with Crippen LogP contribution in [0.15, 0.2) is 18.2 Å². The van der Waals surface area contributed by atoms with E-state index in [1.807, 2.05) is 0 Å². The fraction of sp³-hybridized carbons (Fsp3) is 0.300. The zero-order chi connectivity index (χ0) is 13.1. The molecule has 0 amide bonds. The molecule has 0 bridgehead atoms. The minimum Gasteiger partial charge on any atom is -0.478 e. The number of carbonyl (C=O) groups is 1. The molecule has 1 aromatic rings. The first-order valence-corrected chi connectivity index (χ1v) is 4.96. The van der Waals surface area contributed by atoms with E-state index in [-0.39, 0.29) is 17.1 Å². The molecule has 0 saturated carbocycles. The predicted octanol–water partition coefficient (Wildman–Crippen LogP) is 2.69. The first kappa shape index (κ1) is 13.8. The average Bonchev–Trinajstić information content (AvgIpc) is 2.18. The first-order valence-electron chi connectivity index (χ1n) is 4.59. The number of carboxylic acid groups (broad SMARTS) is 1. The van der Waals surface area contributed by atoms with E-state index in [1.165, 1.54) is 18.2 Å². The third-order valence-corrected chi connectivity index (χ3v) is 2.25. The molecule has 0 spiro atoms. The van der Waals surface area contributed by atoms with Crippen LogP contribution in [0, 0.1) is 0 Å². The molecule has 1 aromatic carbocycles. The first-order chi connectivity index (χ1) is 7.79. The number of aromatic carboxylic acids is 1. The lowest BCUT2D eigenvalue weighted by atomic mass is 10.1. The van der Waals surface area contributed by atoms with Crippen molar-refractivity contribution in [2.45, 2.75) is 12.7 Å². The number of alkyl halides is 3. The number of hydrogen-bond donors (Lipinski definition) is 2. The second kappa shape index (κ2) is 5.37. The smallest absolute Gasteiger partial charge is 0.401 e. The van der Waals surface area contributed by atoms with Gasteiger partial charge >= 0.3 is 12.1 Å². The van der Waals surface area contributed by atoms with Gasteiger partial charge in [0.1, 0.15) is 0 Å². The van der Waals surface area contributed by atoms with Gasteiger partial charge in [0.2, 0.25) is 0 Å². The molecule has 94 valence electrons. The van der Waals surface area contributed by atoms with Crippen LogP contribution in [0.3, 0.4) is 0 Å². The van der Waals surface area contributed by atoms with E-state index in [0.717, 1.165) is 0 Å². The summed E-state index contributed by atoms with van der Waals surface area (Å²) < 4.78 is 35.6. The zero-order valence-electron chi connectivity index (χ0n) is 8.51. The standard InChI is InChI=1S/C10H9ClF3NO2/c11-8-2-1-6(3-7(8)9(16)17)4-15-5-10(12,13)14/h1-3,15H,4-5H2,(H,16,17). The predicted molar refractivity (Wildman–Crippen MR) is 56.2 cm³/mol. The molecule has 17 heavy (non-hydrogen) atoms. The van der Waals surface area contributed by atoms with Crippen LogP contribution in [-0.4, -0.2) is 23.8 Å². The maximum atomic E-state index is 11.9. The summed E-state index contributed by atoms with van der Waals surface area (Å²) in [6, 6.07) is 4.06. The minimum absolute atomic E-state index is 0.0528. The van der Waals surface area contributed by atoms with Gasteiger partial charge in [-0.15, -0.1) is 0 Å². The van der Waals surface area contributed by atoms with E-state index < -0.39 is 18.7 Å². The average molecular weight is 268 g/mol. The van der Waals surface area contributed by atoms with Crippen LogP contribution in [0.4, 0.5) is 13.2 Å². The maximum absolute atomic E-state index is 11.9. The third kappa shape index (κ3) is 4.62. The Labute approximate surface area is 100 Å². The van der Waals surface area contributed by atoms with Gasteiger partial charge in [0.25, 0.3) is 0 Å². The number of rotatable bonds is 4. The van der Waals surface area contributed by atoms with Crippen molar-refractivity contribution >= 4 is 17.6 Å². The van der Waals surface area contributed by atoms with Crippen molar-refractivity contribution in [2.24, 2.45) is 0 Å². The topological polar surface area (TPSA) is 49.3 Å². The molecular weight excluding hydrogens is 259 g/mol. The Morgan fingerprint density at radius 3 is 2.59 bits per heavy atom. The van der Waals surface area contributed by atoms with Gasteiger partial charge in [-0.25, -0.2) is 4.79 Å². The lowest BCUT2D eigenvalue weighted by Crippen LogP contribution is -2.28. The molecule has 3 nitrogen and oxygen atoms in total. The number of nitrogens with one attached hydrogen (secondary N) is 1. The van der Waals surface area contributed by atoms with Gasteiger partial charge in [-0.1, -0.05) is 17.7 Å². The molecule has 0 unspecified atom stereocenters. The van der Waals surface area contributed by atoms with Crippen molar-refractivity contribution in [1.29, 1.82) is 0 Å². The number of carboxylic acids is 1. The molecule has 0 aliphatic carbocycles. The lowest BCUT2D eigenvalue weighted by Gasteiger charge is -2.09. The van der Waals surface area contributed by atoms with Gasteiger partial charge in [0.15, 0.2) is 0 Å². The zero-order valence-corrected chi connectivity index (χ0v) is 9.27. The second-order valence-electron chi connectivity index (χ2n) is 3.34. The maximum Gasteiger partial charge on any atom is 0.401 e. The highest BCUT2D eigenvalue weighted by Crippen LogP contribution is 2.18. The van der Waals surface area contributed by atoms with Crippen LogP contribution in [0.25, 0.3) is 0 Å². The Hall–Kier alpha value is -1.27. The quantitative estimate of drug-likeness (QED) is 0.882. The van der Waals surface area contributed by atoms with E-state index in [0.29, 0.717) is 5.56 Å². The normalized spacial score (nSPS) is 11.5. The largest absolute Gasteiger partial charge is 0.478 e. The summed E-state index contributed by atoms with van der Waals surface area (Å²) in [7, 11) is 0. The minimum atomic E-state index is -4.29. The molecule has 1 rings (SSSR count). The van der Waals surface area contributed by atoms with Crippen molar-refractivity contribution < 1.29 is 23.1 Å². The third-order valence-electron chi connectivity index (χ3n) is 1.92. The van der Waals surface area contributed by atoms with Gasteiger partial charge in [-0.3, -0.25) is 0 Å². The van der Waals surface area contributed by atoms with Gasteiger partial charge in [-0.05, 0) is 17.7 Å². The van der Waals surface area contributed by atoms with E-state index in [4.69, 9.17) is 16.7 Å². The van der Waals surface area contributed by atoms with E-state index in [9.17, 15) is 18.0 Å². The molecule has 0 radical (unpaired) electrons. The van der Waals surface area contributed by atoms with Gasteiger partial charge in [0, 0.05) is 6.54 Å². The van der Waals surface area contributed by atoms with Crippen LogP contribution in [0.1, 0.15) is 15.9 Å². The van der Waals surface area contributed by atoms with Crippen molar-refractivity contribution in [3.63, 3.8) is 0 Å². The Kier molecular flexibility index (Phi) is 4.36. The second-order valence-corrected chi connectivity index (χ2v) is 3.75. The van der Waals surface area contributed by atoms with E-state index in [2.05, 4.69) is 5.32 Å². The van der Waals surface area contributed by atoms with Crippen molar-refractivity contribution in [1.82, 2.24) is 5.32 Å². The molecule has 0 heterocycles. The summed E-state index contributed by atoms with van der Waals surface area (Å²) in [5.74, 6) is -1.22. The Morgan fingerprint density at radius 2 is 2.06 bits per heavy atom. The lowest BCUT2D eigenvalue weighted by molar-refractivity contribution is -0.125. The number of benzene rings is 1. The summed E-state index contributed by atoms with van der Waals surface area (Å²) in [4.78, 5) is 10.7. The highest BCUT2D eigenvalue weighted by Gasteiger charge is 2.26. The van der Waals surface area contributed by atoms with Crippen LogP contribution in [0.2, 0.25) is 5.02 Å². The summed E-state index contributed by atoms with van der Waals surface area (Å²) >= 11 is 5.62. The van der Waals surface area contributed by atoms with Crippen molar-refractivity contribution in [3.8, 4) is 0 Å². The van der Waals surface area contributed by atoms with E-state index in [1.54, 1.807) is 0 Å². The van der Waals surface area contributed by atoms with Crippen LogP contribution < -0.4 is 5.32 Å². The highest BCUT2D eigenvalue weighted by molar-refractivity contribution is 6.33. The van der Waals surface area contributed by atoms with Crippen LogP contribution in [-0.2, 0) is 6.54 Å². The summed E-state index contributed by atoms with van der Waals surface area (Å²) in [6.45, 7) is -1.20. The van der Waals surface area contributed by atoms with Crippen LogP contribution in [0.5, 0.6) is 0 Å². The highest BCUT2D eigenvalue weighted by atomic mass is 35.5. The summed E-state index contributed by atoms with van der Waals surface area (Å²) in [5, 5.41) is 11.0. The van der Waals surface area contributed by atoms with Crippen molar-refractivity contribution in [3.05, 3.63) is 34.3 Å². The number of halogens is 4. The number of hydrogen-bond acceptors (Lipinski definition) is 2. The molecule has 0 aliphatic rings. The molecule has 0 aromatic heterocycles. The fourth-order valence-corrected chi connectivity index (χ4v) is 1.39. The molecule has 0 aliphatic heterocycles. The van der Waals surface area contributed by atoms with E-state index >= 15 is 0 Å². The monoisotopic (exact) mass is 267 g/mol. The summed E-state index contributed by atoms with van der Waals surface area (Å²) in [6.07, 6.45) is -4.29. The Balaban J connectivity index is 2.67. The molecular formula is C10H9ClF3NO2. The SMILES string of the molecule is O=C(O)c1cc(CNCC(F)(F)F)ccc1Cl. The fourth-order valence-electron chi connectivity index (χ4n) is 1.19. The molecule has 0 fully saturated rings. The molecule has 2 N–H and O–H groups in total. The Bertz CT molecular complexity index is 421. The van der Waals surface area contributed by atoms with Gasteiger partial charge in [-0.2, -0.15) is 13.2 Å².